The van der Waals surface area contributed by atoms with Crippen LogP contribution in [0, 0.1) is 0 Å². The topological polar surface area (TPSA) is 69.3 Å². The summed E-state index contributed by atoms with van der Waals surface area (Å²) in [5, 5.41) is 0. The fourth-order valence-corrected chi connectivity index (χ4v) is 4.72. The van der Waals surface area contributed by atoms with Crippen LogP contribution in [0.2, 0.25) is 0 Å². The number of para-hydroxylation sites is 2. The molecule has 0 unspecified atom stereocenters. The second-order valence-corrected chi connectivity index (χ2v) is 9.19. The second-order valence-electron chi connectivity index (χ2n) is 9.19. The molecule has 0 aliphatic carbocycles. The predicted octanol–water partition coefficient (Wildman–Crippen LogP) is 5.07. The molecule has 2 amide bonds. The van der Waals surface area contributed by atoms with Gasteiger partial charge in [0.25, 0.3) is 5.91 Å². The largest absolute Gasteiger partial charge is 0.416 e. The summed E-state index contributed by atoms with van der Waals surface area (Å²) in [6.45, 7) is 0.124. The average Bonchev–Trinajstić information content (AvgIpc) is 3.33. The summed E-state index contributed by atoms with van der Waals surface area (Å²) in [6.07, 6.45) is -3.26. The van der Waals surface area contributed by atoms with E-state index in [0.717, 1.165) is 23.2 Å². The Balaban J connectivity index is 1.39. The molecule has 0 saturated carbocycles. The summed E-state index contributed by atoms with van der Waals surface area (Å²) in [6, 6.07) is 21.7. The van der Waals surface area contributed by atoms with E-state index in [9.17, 15) is 22.8 Å². The maximum atomic E-state index is 13.3. The Morgan fingerprint density at radius 2 is 1.70 bits per heavy atom. The lowest BCUT2D eigenvalue weighted by molar-refractivity contribution is -0.139. The van der Waals surface area contributed by atoms with Crippen LogP contribution >= 0.6 is 0 Å². The number of fused-ring (bicyclic) bond motifs is 1. The summed E-state index contributed by atoms with van der Waals surface area (Å²) >= 11 is 0. The number of benzene rings is 3. The van der Waals surface area contributed by atoms with Crippen molar-refractivity contribution in [3.05, 3.63) is 101 Å². The van der Waals surface area contributed by atoms with Crippen molar-refractivity contribution in [1.29, 1.82) is 0 Å². The van der Waals surface area contributed by atoms with Crippen molar-refractivity contribution in [2.45, 2.75) is 31.6 Å². The minimum Gasteiger partial charge on any atom is -0.334 e. The van der Waals surface area contributed by atoms with Gasteiger partial charge in [-0.3, -0.25) is 9.59 Å². The molecule has 1 atom stereocenters. The standard InChI is InChI=1S/C28H25F3N4O2/c29-28(30,31)21-10-6-9-20(15-21)16-35-22(14-13-19-7-2-1-3-8-19)17-34(18-25(35)36)27(37)26-32-23-11-4-5-12-24(23)33-26/h1-12,15,22H,13-14,16-18H2,(H,32,33)/t22-/m0/s1. The Morgan fingerprint density at radius 3 is 2.46 bits per heavy atom. The highest BCUT2D eigenvalue weighted by atomic mass is 19.4. The summed E-state index contributed by atoms with van der Waals surface area (Å²) in [4.78, 5) is 37.1. The van der Waals surface area contributed by atoms with Crippen LogP contribution < -0.4 is 0 Å². The number of hydrogen-bond donors (Lipinski definition) is 1. The molecule has 1 N–H and O–H groups in total. The van der Waals surface area contributed by atoms with Crippen molar-refractivity contribution in [1.82, 2.24) is 19.8 Å². The van der Waals surface area contributed by atoms with Gasteiger partial charge in [0.2, 0.25) is 5.91 Å². The molecule has 1 aliphatic heterocycles. The van der Waals surface area contributed by atoms with E-state index in [1.165, 1.54) is 11.0 Å². The monoisotopic (exact) mass is 506 g/mol. The molecule has 6 nitrogen and oxygen atoms in total. The molecule has 1 saturated heterocycles. The molecule has 190 valence electrons. The number of carbonyl (C=O) groups excluding carboxylic acids is 2. The van der Waals surface area contributed by atoms with Crippen molar-refractivity contribution in [3.63, 3.8) is 0 Å². The van der Waals surface area contributed by atoms with E-state index in [-0.39, 0.29) is 43.3 Å². The first kappa shape index (κ1) is 24.5. The van der Waals surface area contributed by atoms with Crippen LogP contribution in [0.25, 0.3) is 11.0 Å². The van der Waals surface area contributed by atoms with Gasteiger partial charge in [0, 0.05) is 13.1 Å². The summed E-state index contributed by atoms with van der Waals surface area (Å²) < 4.78 is 39.8. The van der Waals surface area contributed by atoms with E-state index in [1.807, 2.05) is 48.5 Å². The van der Waals surface area contributed by atoms with Crippen LogP contribution in [0.3, 0.4) is 0 Å². The molecule has 0 bridgehead atoms. The third-order valence-corrected chi connectivity index (χ3v) is 6.61. The molecular weight excluding hydrogens is 481 g/mol. The highest BCUT2D eigenvalue weighted by Crippen LogP contribution is 2.30. The fraction of sp³-hybridized carbons (Fsp3) is 0.250. The lowest BCUT2D eigenvalue weighted by Crippen LogP contribution is -2.57. The zero-order chi connectivity index (χ0) is 26.0. The highest BCUT2D eigenvalue weighted by Gasteiger charge is 2.36. The Labute approximate surface area is 211 Å². The quantitative estimate of drug-likeness (QED) is 0.397. The molecule has 1 aliphatic rings. The zero-order valence-electron chi connectivity index (χ0n) is 19.9. The first-order valence-corrected chi connectivity index (χ1v) is 12.0. The fourth-order valence-electron chi connectivity index (χ4n) is 4.72. The molecule has 1 fully saturated rings. The SMILES string of the molecule is O=C(c1nc2ccccc2[nH]1)N1CC(=O)N(Cc2cccc(C(F)(F)F)c2)[C@@H](CCc2ccccc2)C1. The number of halogens is 3. The minimum atomic E-state index is -4.47. The Morgan fingerprint density at radius 1 is 0.973 bits per heavy atom. The van der Waals surface area contributed by atoms with E-state index in [2.05, 4.69) is 9.97 Å². The second kappa shape index (κ2) is 10.1. The van der Waals surface area contributed by atoms with E-state index in [1.54, 1.807) is 17.0 Å². The Hall–Kier alpha value is -4.14. The van der Waals surface area contributed by atoms with Gasteiger partial charge in [-0.25, -0.2) is 4.98 Å². The number of hydrogen-bond acceptors (Lipinski definition) is 3. The third-order valence-electron chi connectivity index (χ3n) is 6.61. The number of nitrogens with zero attached hydrogens (tertiary/aromatic N) is 3. The minimum absolute atomic E-state index is 0.0366. The van der Waals surface area contributed by atoms with Crippen molar-refractivity contribution in [3.8, 4) is 0 Å². The van der Waals surface area contributed by atoms with Gasteiger partial charge < -0.3 is 14.8 Å². The third kappa shape index (κ3) is 5.50. The maximum Gasteiger partial charge on any atom is 0.416 e. The van der Waals surface area contributed by atoms with Crippen molar-refractivity contribution in [2.24, 2.45) is 0 Å². The smallest absolute Gasteiger partial charge is 0.334 e. The number of alkyl halides is 3. The van der Waals surface area contributed by atoms with Gasteiger partial charge in [0.1, 0.15) is 6.54 Å². The Kier molecular flexibility index (Phi) is 6.69. The van der Waals surface area contributed by atoms with E-state index >= 15 is 0 Å². The van der Waals surface area contributed by atoms with Crippen LogP contribution in [-0.2, 0) is 23.9 Å². The molecule has 3 aromatic carbocycles. The van der Waals surface area contributed by atoms with Gasteiger partial charge >= 0.3 is 6.18 Å². The normalized spacial score (nSPS) is 16.4. The molecule has 5 rings (SSSR count). The molecule has 0 radical (unpaired) electrons. The van der Waals surface area contributed by atoms with Crippen molar-refractivity contribution < 1.29 is 22.8 Å². The van der Waals surface area contributed by atoms with Crippen LogP contribution in [0.5, 0.6) is 0 Å². The van der Waals surface area contributed by atoms with Gasteiger partial charge in [0.15, 0.2) is 5.82 Å². The van der Waals surface area contributed by atoms with Crippen LogP contribution in [0.1, 0.15) is 33.7 Å². The number of imidazole rings is 1. The van der Waals surface area contributed by atoms with Gasteiger partial charge in [-0.05, 0) is 48.2 Å². The average molecular weight is 507 g/mol. The van der Waals surface area contributed by atoms with E-state index in [4.69, 9.17) is 0 Å². The molecule has 2 heterocycles. The van der Waals surface area contributed by atoms with Gasteiger partial charge in [-0.1, -0.05) is 54.6 Å². The zero-order valence-corrected chi connectivity index (χ0v) is 19.9. The number of aromatic amines is 1. The molecule has 1 aromatic heterocycles. The van der Waals surface area contributed by atoms with E-state index in [0.29, 0.717) is 23.9 Å². The number of H-pyrrole nitrogens is 1. The number of rotatable bonds is 6. The van der Waals surface area contributed by atoms with Crippen LogP contribution in [0.15, 0.2) is 78.9 Å². The van der Waals surface area contributed by atoms with Crippen molar-refractivity contribution >= 4 is 22.8 Å². The summed E-state index contributed by atoms with van der Waals surface area (Å²) in [5.74, 6) is -0.540. The lowest BCUT2D eigenvalue weighted by Gasteiger charge is -2.41. The summed E-state index contributed by atoms with van der Waals surface area (Å²) in [5.41, 5.74) is 2.10. The predicted molar refractivity (Wildman–Crippen MR) is 133 cm³/mol. The number of piperazine rings is 1. The molecule has 9 heteroatoms. The summed E-state index contributed by atoms with van der Waals surface area (Å²) in [7, 11) is 0. The molecular formula is C28H25F3N4O2. The first-order valence-electron chi connectivity index (χ1n) is 12.0. The van der Waals surface area contributed by atoms with E-state index < -0.39 is 11.7 Å². The number of aryl methyl sites for hydroxylation is 1. The molecule has 37 heavy (non-hydrogen) atoms. The molecule has 0 spiro atoms. The lowest BCUT2D eigenvalue weighted by atomic mass is 10.00. The maximum absolute atomic E-state index is 13.3. The Bertz CT molecular complexity index is 1380. The molecule has 4 aromatic rings. The van der Waals surface area contributed by atoms with Gasteiger partial charge in [0.05, 0.1) is 22.6 Å². The van der Waals surface area contributed by atoms with Crippen molar-refractivity contribution in [2.75, 3.05) is 13.1 Å². The van der Waals surface area contributed by atoms with Gasteiger partial charge in [-0.2, -0.15) is 13.2 Å². The number of nitrogens with one attached hydrogen (secondary N) is 1. The number of aromatic nitrogens is 2. The number of amides is 2. The first-order chi connectivity index (χ1) is 17.8. The van der Waals surface area contributed by atoms with Gasteiger partial charge in [-0.15, -0.1) is 0 Å². The highest BCUT2D eigenvalue weighted by molar-refractivity contribution is 5.96. The number of carbonyl (C=O) groups is 2. The van der Waals surface area contributed by atoms with Crippen LogP contribution in [0.4, 0.5) is 13.2 Å². The van der Waals surface area contributed by atoms with Crippen LogP contribution in [-0.4, -0.2) is 50.7 Å².